The van der Waals surface area contributed by atoms with Crippen molar-refractivity contribution in [1.82, 2.24) is 20.0 Å². The normalized spacial score (nSPS) is 11.8. The first kappa shape index (κ1) is 22.1. The Morgan fingerprint density at radius 1 is 1.15 bits per heavy atom. The molecule has 0 aliphatic carbocycles. The first-order chi connectivity index (χ1) is 16.0. The second-order valence-electron chi connectivity index (χ2n) is 7.70. The Morgan fingerprint density at radius 3 is 2.64 bits per heavy atom. The highest BCUT2D eigenvalue weighted by molar-refractivity contribution is 5.95. The molecule has 1 unspecified atom stereocenters. The number of rotatable bonds is 8. The highest BCUT2D eigenvalue weighted by atomic mass is 16.5. The number of benzene rings is 2. The highest BCUT2D eigenvalue weighted by Gasteiger charge is 2.22. The lowest BCUT2D eigenvalue weighted by atomic mass is 10.0. The number of imidazole rings is 1. The molecule has 1 amide bonds. The number of carbonyl (C=O) groups is 1. The van der Waals surface area contributed by atoms with E-state index in [1.165, 1.54) is 0 Å². The Morgan fingerprint density at radius 2 is 1.94 bits per heavy atom. The van der Waals surface area contributed by atoms with Gasteiger partial charge in [0.1, 0.15) is 35.7 Å². The summed E-state index contributed by atoms with van der Waals surface area (Å²) in [6.45, 7) is 4.03. The minimum Gasteiger partial charge on any atom is -0.497 e. The maximum atomic E-state index is 13.2. The fraction of sp³-hybridized carbons (Fsp3) is 0.240. The molecule has 170 valence electrons. The van der Waals surface area contributed by atoms with Gasteiger partial charge in [-0.3, -0.25) is 4.79 Å². The Balaban J connectivity index is 1.56. The van der Waals surface area contributed by atoms with Crippen LogP contribution in [0.25, 0.3) is 0 Å². The zero-order valence-electron chi connectivity index (χ0n) is 19.0. The highest BCUT2D eigenvalue weighted by Crippen LogP contribution is 2.25. The summed E-state index contributed by atoms with van der Waals surface area (Å²) in [5.74, 6) is 2.47. The first-order valence-corrected chi connectivity index (χ1v) is 10.5. The predicted molar refractivity (Wildman–Crippen MR) is 122 cm³/mol. The lowest BCUT2D eigenvalue weighted by molar-refractivity contribution is 0.0940. The van der Waals surface area contributed by atoms with Crippen molar-refractivity contribution in [2.24, 2.45) is 7.05 Å². The lowest BCUT2D eigenvalue weighted by Crippen LogP contribution is -2.31. The van der Waals surface area contributed by atoms with Crippen molar-refractivity contribution < 1.29 is 18.8 Å². The molecule has 0 aliphatic heterocycles. The average Bonchev–Trinajstić information content (AvgIpc) is 3.40. The van der Waals surface area contributed by atoms with E-state index < -0.39 is 6.04 Å². The number of aryl methyl sites for hydroxylation is 3. The molecular weight excluding hydrogens is 420 g/mol. The lowest BCUT2D eigenvalue weighted by Gasteiger charge is -2.20. The topological polar surface area (TPSA) is 91.4 Å². The van der Waals surface area contributed by atoms with E-state index in [0.717, 1.165) is 22.6 Å². The maximum absolute atomic E-state index is 13.2. The van der Waals surface area contributed by atoms with Crippen LogP contribution in [0, 0.1) is 13.8 Å². The quantitative estimate of drug-likeness (QED) is 0.438. The zero-order valence-corrected chi connectivity index (χ0v) is 19.0. The van der Waals surface area contributed by atoms with Gasteiger partial charge in [-0.05, 0) is 49.7 Å². The van der Waals surface area contributed by atoms with E-state index >= 15 is 0 Å². The van der Waals surface area contributed by atoms with Crippen molar-refractivity contribution in [3.05, 3.63) is 94.9 Å². The van der Waals surface area contributed by atoms with Crippen LogP contribution in [0.3, 0.4) is 0 Å². The van der Waals surface area contributed by atoms with Crippen molar-refractivity contribution in [1.29, 1.82) is 0 Å². The van der Waals surface area contributed by atoms with Gasteiger partial charge >= 0.3 is 0 Å². The summed E-state index contributed by atoms with van der Waals surface area (Å²) < 4.78 is 18.3. The van der Waals surface area contributed by atoms with Crippen LogP contribution in [0.15, 0.2) is 65.4 Å². The van der Waals surface area contributed by atoms with E-state index in [1.807, 2.05) is 62.0 Å². The third kappa shape index (κ3) is 4.90. The van der Waals surface area contributed by atoms with E-state index in [-0.39, 0.29) is 5.91 Å². The van der Waals surface area contributed by atoms with Crippen molar-refractivity contribution in [2.75, 3.05) is 7.11 Å². The van der Waals surface area contributed by atoms with Gasteiger partial charge in [-0.2, -0.15) is 0 Å². The summed E-state index contributed by atoms with van der Waals surface area (Å²) in [7, 11) is 3.51. The van der Waals surface area contributed by atoms with Crippen molar-refractivity contribution in [2.45, 2.75) is 26.5 Å². The van der Waals surface area contributed by atoms with Crippen LogP contribution < -0.4 is 14.8 Å². The summed E-state index contributed by atoms with van der Waals surface area (Å²) in [4.78, 5) is 17.7. The monoisotopic (exact) mass is 446 g/mol. The van der Waals surface area contributed by atoms with Gasteiger partial charge in [0.05, 0.1) is 18.4 Å². The zero-order chi connectivity index (χ0) is 23.4. The Bertz CT molecular complexity index is 1240. The van der Waals surface area contributed by atoms with Crippen LogP contribution in [-0.4, -0.2) is 27.7 Å². The molecule has 33 heavy (non-hydrogen) atoms. The maximum Gasteiger partial charge on any atom is 0.252 e. The molecule has 0 bridgehead atoms. The van der Waals surface area contributed by atoms with Gasteiger partial charge in [0, 0.05) is 25.0 Å². The molecule has 2 aromatic carbocycles. The van der Waals surface area contributed by atoms with Crippen LogP contribution in [-0.2, 0) is 13.7 Å². The third-order valence-corrected chi connectivity index (χ3v) is 5.48. The minimum absolute atomic E-state index is 0.242. The predicted octanol–water partition coefficient (Wildman–Crippen LogP) is 4.13. The van der Waals surface area contributed by atoms with E-state index in [0.29, 0.717) is 29.5 Å². The number of nitrogens with one attached hydrogen (secondary N) is 1. The van der Waals surface area contributed by atoms with Crippen molar-refractivity contribution in [3.63, 3.8) is 0 Å². The fourth-order valence-corrected chi connectivity index (χ4v) is 3.58. The average molecular weight is 447 g/mol. The Hall–Kier alpha value is -4.07. The molecule has 8 heteroatoms. The summed E-state index contributed by atoms with van der Waals surface area (Å²) >= 11 is 0. The molecule has 0 radical (unpaired) electrons. The number of methoxy groups -OCH3 is 1. The van der Waals surface area contributed by atoms with Crippen LogP contribution in [0.2, 0.25) is 0 Å². The fourth-order valence-electron chi connectivity index (χ4n) is 3.58. The number of amides is 1. The van der Waals surface area contributed by atoms with Gasteiger partial charge in [-0.25, -0.2) is 4.98 Å². The summed E-state index contributed by atoms with van der Waals surface area (Å²) in [5.41, 5.74) is 3.03. The van der Waals surface area contributed by atoms with Gasteiger partial charge in [0.2, 0.25) is 0 Å². The Labute approximate surface area is 192 Å². The van der Waals surface area contributed by atoms with E-state index in [9.17, 15) is 4.79 Å². The van der Waals surface area contributed by atoms with Gasteiger partial charge in [-0.1, -0.05) is 23.4 Å². The molecule has 0 spiro atoms. The van der Waals surface area contributed by atoms with Crippen molar-refractivity contribution in [3.8, 4) is 11.5 Å². The number of carbonyl (C=O) groups excluding carboxylic acids is 1. The van der Waals surface area contributed by atoms with E-state index in [2.05, 4.69) is 15.5 Å². The van der Waals surface area contributed by atoms with Gasteiger partial charge in [0.15, 0.2) is 0 Å². The number of ether oxygens (including phenoxy) is 2. The number of nitrogens with zero attached hydrogens (tertiary/aromatic N) is 3. The van der Waals surface area contributed by atoms with E-state index in [1.54, 1.807) is 31.5 Å². The molecular formula is C25H26N4O4. The largest absolute Gasteiger partial charge is 0.497 e. The molecule has 0 aliphatic rings. The molecule has 4 rings (SSSR count). The standard InChI is InChI=1S/C25H26N4O4/c1-16-22(17(2)33-28-16)15-32-21-10-6-8-19(14-21)25(30)27-23(24-26-11-12-29(24)3)18-7-5-9-20(13-18)31-4/h5-14,23H,15H2,1-4H3,(H,27,30). The molecule has 4 aromatic rings. The second kappa shape index (κ2) is 9.60. The Kier molecular flexibility index (Phi) is 6.44. The van der Waals surface area contributed by atoms with Gasteiger partial charge in [0.25, 0.3) is 5.91 Å². The molecule has 1 N–H and O–H groups in total. The third-order valence-electron chi connectivity index (χ3n) is 5.48. The first-order valence-electron chi connectivity index (χ1n) is 10.5. The summed E-state index contributed by atoms with van der Waals surface area (Å²) in [6.07, 6.45) is 3.55. The van der Waals surface area contributed by atoms with E-state index in [4.69, 9.17) is 14.0 Å². The second-order valence-corrected chi connectivity index (χ2v) is 7.70. The minimum atomic E-state index is -0.459. The summed E-state index contributed by atoms with van der Waals surface area (Å²) in [5, 5.41) is 7.04. The number of hydrogen-bond donors (Lipinski definition) is 1. The van der Waals surface area contributed by atoms with Crippen LogP contribution >= 0.6 is 0 Å². The molecule has 1 atom stereocenters. The number of hydrogen-bond acceptors (Lipinski definition) is 6. The smallest absolute Gasteiger partial charge is 0.252 e. The SMILES string of the molecule is COc1cccc(C(NC(=O)c2cccc(OCc3c(C)noc3C)c2)c2nccn2C)c1. The molecule has 0 saturated heterocycles. The van der Waals surface area contributed by atoms with Crippen LogP contribution in [0.4, 0.5) is 0 Å². The molecule has 8 nitrogen and oxygen atoms in total. The number of aromatic nitrogens is 3. The summed E-state index contributed by atoms with van der Waals surface area (Å²) in [6, 6.07) is 14.2. The van der Waals surface area contributed by atoms with Gasteiger partial charge < -0.3 is 23.9 Å². The molecule has 2 aromatic heterocycles. The van der Waals surface area contributed by atoms with Crippen LogP contribution in [0.1, 0.15) is 44.8 Å². The molecule has 0 saturated carbocycles. The molecule has 2 heterocycles. The van der Waals surface area contributed by atoms with Crippen molar-refractivity contribution >= 4 is 5.91 Å². The van der Waals surface area contributed by atoms with Gasteiger partial charge in [-0.15, -0.1) is 0 Å². The molecule has 0 fully saturated rings. The van der Waals surface area contributed by atoms with Crippen LogP contribution in [0.5, 0.6) is 11.5 Å².